The van der Waals surface area contributed by atoms with Crippen LogP contribution in [0.5, 0.6) is 5.75 Å². The summed E-state index contributed by atoms with van der Waals surface area (Å²) in [4.78, 5) is 10.3. The van der Waals surface area contributed by atoms with Gasteiger partial charge < -0.3 is 16.2 Å². The van der Waals surface area contributed by atoms with Crippen LogP contribution in [0.1, 0.15) is 5.56 Å². The summed E-state index contributed by atoms with van der Waals surface area (Å²) >= 11 is 3.16. The molecule has 4 N–H and O–H groups in total. The number of nitro benzene ring substituents is 1. The summed E-state index contributed by atoms with van der Waals surface area (Å²) in [6.07, 6.45) is 1.26. The Balaban J connectivity index is 0.00000324. The second-order valence-corrected chi connectivity index (χ2v) is 3.99. The van der Waals surface area contributed by atoms with E-state index in [1.165, 1.54) is 19.4 Å². The molecule has 0 aliphatic rings. The summed E-state index contributed by atoms with van der Waals surface area (Å²) in [5.74, 6) is -0.132. The highest BCUT2D eigenvalue weighted by Gasteiger charge is 2.19. The van der Waals surface area contributed by atoms with Crippen LogP contribution in [0.3, 0.4) is 0 Å². The Bertz CT molecular complexity index is 531. The van der Waals surface area contributed by atoms with E-state index >= 15 is 0 Å². The molecule has 0 aromatic heterocycles. The number of hydrogen-bond donors (Lipinski definition) is 2. The monoisotopic (exact) mass is 351 g/mol. The van der Waals surface area contributed by atoms with Gasteiger partial charge in [-0.2, -0.15) is 5.10 Å². The summed E-state index contributed by atoms with van der Waals surface area (Å²) < 4.78 is 5.50. The largest absolute Gasteiger partial charge is 0.490 e. The van der Waals surface area contributed by atoms with Crippen molar-refractivity contribution < 1.29 is 9.66 Å². The van der Waals surface area contributed by atoms with Gasteiger partial charge in [-0.25, -0.2) is 0 Å². The molecule has 0 fully saturated rings. The minimum atomic E-state index is -0.554. The number of nitrogens with two attached hydrogens (primary N) is 2. The molecule has 0 saturated carbocycles. The minimum absolute atomic E-state index is 0. The van der Waals surface area contributed by atoms with Crippen molar-refractivity contribution in [2.24, 2.45) is 21.7 Å². The molecule has 0 amide bonds. The van der Waals surface area contributed by atoms with Crippen LogP contribution >= 0.6 is 28.3 Å². The zero-order chi connectivity index (χ0) is 13.7. The molecule has 10 heteroatoms. The number of halogens is 2. The maximum atomic E-state index is 10.9. The molecule has 0 bridgehead atoms. The topological polar surface area (TPSA) is 129 Å². The summed E-state index contributed by atoms with van der Waals surface area (Å²) in [6.45, 7) is 0. The van der Waals surface area contributed by atoms with Gasteiger partial charge in [0, 0.05) is 16.1 Å². The Kier molecular flexibility index (Phi) is 6.80. The van der Waals surface area contributed by atoms with Crippen LogP contribution in [0.15, 0.2) is 26.8 Å². The molecule has 0 atom stereocenters. The maximum absolute atomic E-state index is 10.9. The summed E-state index contributed by atoms with van der Waals surface area (Å²) in [6, 6.07) is 2.92. The van der Waals surface area contributed by atoms with Crippen LogP contribution in [-0.4, -0.2) is 24.2 Å². The molecule has 0 aliphatic heterocycles. The molecule has 0 aliphatic carbocycles. The maximum Gasteiger partial charge on any atom is 0.312 e. The van der Waals surface area contributed by atoms with E-state index in [0.717, 1.165) is 0 Å². The van der Waals surface area contributed by atoms with Crippen LogP contribution in [0.4, 0.5) is 5.69 Å². The van der Waals surface area contributed by atoms with E-state index in [9.17, 15) is 10.1 Å². The van der Waals surface area contributed by atoms with Gasteiger partial charge in [-0.3, -0.25) is 10.1 Å². The Hall–Kier alpha value is -1.87. The van der Waals surface area contributed by atoms with E-state index in [4.69, 9.17) is 16.2 Å². The van der Waals surface area contributed by atoms with Crippen LogP contribution in [0, 0.1) is 10.1 Å². The Labute approximate surface area is 123 Å². The molecule has 0 saturated heterocycles. The van der Waals surface area contributed by atoms with E-state index in [1.54, 1.807) is 6.07 Å². The third kappa shape index (κ3) is 4.72. The lowest BCUT2D eigenvalue weighted by atomic mass is 10.2. The van der Waals surface area contributed by atoms with E-state index in [0.29, 0.717) is 10.0 Å². The first-order valence-corrected chi connectivity index (χ1v) is 5.39. The van der Waals surface area contributed by atoms with E-state index in [2.05, 4.69) is 26.1 Å². The van der Waals surface area contributed by atoms with Gasteiger partial charge in [-0.15, -0.1) is 17.5 Å². The molecule has 8 nitrogen and oxygen atoms in total. The number of methoxy groups -OCH3 is 1. The number of ether oxygens (including phenoxy) is 1. The molecule has 0 heterocycles. The smallest absolute Gasteiger partial charge is 0.312 e. The second-order valence-electron chi connectivity index (χ2n) is 3.07. The van der Waals surface area contributed by atoms with Gasteiger partial charge in [0.05, 0.1) is 18.2 Å². The lowest BCUT2D eigenvalue weighted by Crippen LogP contribution is -2.21. The van der Waals surface area contributed by atoms with E-state index < -0.39 is 4.92 Å². The molecule has 1 aromatic rings. The third-order valence-electron chi connectivity index (χ3n) is 1.83. The number of nitro groups is 1. The van der Waals surface area contributed by atoms with Crippen molar-refractivity contribution in [3.05, 3.63) is 32.3 Å². The van der Waals surface area contributed by atoms with Gasteiger partial charge in [0.15, 0.2) is 0 Å². The Morgan fingerprint density at radius 2 is 2.16 bits per heavy atom. The zero-order valence-electron chi connectivity index (χ0n) is 9.74. The SMILES string of the molecule is COc1c(C=NN=C(N)N)cc(Br)cc1[N+](=O)[O-].Cl. The minimum Gasteiger partial charge on any atom is -0.490 e. The van der Waals surface area contributed by atoms with E-state index in [-0.39, 0.29) is 29.8 Å². The number of hydrogen-bond acceptors (Lipinski definition) is 5. The van der Waals surface area contributed by atoms with Gasteiger partial charge in [-0.1, -0.05) is 15.9 Å². The van der Waals surface area contributed by atoms with Crippen molar-refractivity contribution in [3.8, 4) is 5.75 Å². The second kappa shape index (κ2) is 7.54. The average molecular weight is 353 g/mol. The molecule has 1 aromatic carbocycles. The summed E-state index contributed by atoms with van der Waals surface area (Å²) in [5, 5.41) is 17.8. The molecular formula is C9H11BrClN5O3. The number of guanidine groups is 1. The van der Waals surface area contributed by atoms with Crippen molar-refractivity contribution in [1.82, 2.24) is 0 Å². The van der Waals surface area contributed by atoms with Crippen molar-refractivity contribution in [2.75, 3.05) is 7.11 Å². The number of rotatable bonds is 4. The first kappa shape index (κ1) is 17.1. The van der Waals surface area contributed by atoms with E-state index in [1.807, 2.05) is 0 Å². The fraction of sp³-hybridized carbons (Fsp3) is 0.111. The summed E-state index contributed by atoms with van der Waals surface area (Å²) in [7, 11) is 1.33. The molecule has 1 rings (SSSR count). The van der Waals surface area contributed by atoms with Crippen molar-refractivity contribution in [2.45, 2.75) is 0 Å². The predicted octanol–water partition coefficient (Wildman–Crippen LogP) is 1.39. The molecule has 19 heavy (non-hydrogen) atoms. The van der Waals surface area contributed by atoms with Crippen molar-refractivity contribution in [1.29, 1.82) is 0 Å². The first-order valence-electron chi connectivity index (χ1n) is 4.59. The molecule has 0 radical (unpaired) electrons. The lowest BCUT2D eigenvalue weighted by molar-refractivity contribution is -0.385. The third-order valence-corrected chi connectivity index (χ3v) is 2.29. The number of benzene rings is 1. The fourth-order valence-electron chi connectivity index (χ4n) is 1.21. The standard InChI is InChI=1S/C9H10BrN5O3.ClH/c1-18-8-5(4-13-14-9(11)12)2-6(10)3-7(8)15(16)17;/h2-4H,1H3,(H4,11,12,14);1H. The van der Waals surface area contributed by atoms with Gasteiger partial charge in [0.2, 0.25) is 11.7 Å². The zero-order valence-corrected chi connectivity index (χ0v) is 12.1. The highest BCUT2D eigenvalue weighted by atomic mass is 79.9. The van der Waals surface area contributed by atoms with Gasteiger partial charge in [0.1, 0.15) is 0 Å². The molecule has 104 valence electrons. The average Bonchev–Trinajstić information content (AvgIpc) is 2.27. The van der Waals surface area contributed by atoms with Crippen molar-refractivity contribution in [3.63, 3.8) is 0 Å². The van der Waals surface area contributed by atoms with Crippen LogP contribution in [0.25, 0.3) is 0 Å². The van der Waals surface area contributed by atoms with Gasteiger partial charge >= 0.3 is 5.69 Å². The fourth-order valence-corrected chi connectivity index (χ4v) is 1.67. The molecular weight excluding hydrogens is 341 g/mol. The van der Waals surface area contributed by atoms with Gasteiger partial charge in [0.25, 0.3) is 0 Å². The summed E-state index contributed by atoms with van der Waals surface area (Å²) in [5.41, 5.74) is 10.4. The predicted molar refractivity (Wildman–Crippen MR) is 78.0 cm³/mol. The molecule has 0 unspecified atom stereocenters. The highest BCUT2D eigenvalue weighted by molar-refractivity contribution is 9.10. The quantitative estimate of drug-likeness (QED) is 0.366. The Morgan fingerprint density at radius 3 is 2.63 bits per heavy atom. The Morgan fingerprint density at radius 1 is 1.53 bits per heavy atom. The van der Waals surface area contributed by atoms with Crippen molar-refractivity contribution >= 4 is 46.2 Å². The number of nitrogens with zero attached hydrogens (tertiary/aromatic N) is 3. The van der Waals surface area contributed by atoms with Crippen LogP contribution in [0.2, 0.25) is 0 Å². The molecule has 0 spiro atoms. The van der Waals surface area contributed by atoms with Crippen LogP contribution < -0.4 is 16.2 Å². The highest BCUT2D eigenvalue weighted by Crippen LogP contribution is 2.33. The lowest BCUT2D eigenvalue weighted by Gasteiger charge is -2.05. The normalized spacial score (nSPS) is 9.79. The van der Waals surface area contributed by atoms with Gasteiger partial charge in [-0.05, 0) is 6.07 Å². The first-order chi connectivity index (χ1) is 8.45. The van der Waals surface area contributed by atoms with Crippen LogP contribution in [-0.2, 0) is 0 Å².